The SMILES string of the molecule is CC1=NN(c2cccc(Cl)c2)C(=O)/C1=C/c1cn(Cc2ccc(Cl)c(Cl)c2)nc1-c1ccccc1. The van der Waals surface area contributed by atoms with E-state index in [-0.39, 0.29) is 5.91 Å². The molecule has 35 heavy (non-hydrogen) atoms. The fourth-order valence-corrected chi connectivity index (χ4v) is 4.40. The maximum atomic E-state index is 13.3. The highest BCUT2D eigenvalue weighted by Gasteiger charge is 2.29. The van der Waals surface area contributed by atoms with E-state index in [0.717, 1.165) is 22.4 Å². The maximum Gasteiger partial charge on any atom is 0.280 e. The van der Waals surface area contributed by atoms with E-state index >= 15 is 0 Å². The predicted molar refractivity (Wildman–Crippen MR) is 143 cm³/mol. The lowest BCUT2D eigenvalue weighted by Gasteiger charge is -2.11. The van der Waals surface area contributed by atoms with E-state index in [1.165, 1.54) is 5.01 Å². The monoisotopic (exact) mass is 520 g/mol. The van der Waals surface area contributed by atoms with Crippen molar-refractivity contribution in [3.63, 3.8) is 0 Å². The second-order valence-corrected chi connectivity index (χ2v) is 9.34. The third-order valence-corrected chi connectivity index (χ3v) is 6.56. The summed E-state index contributed by atoms with van der Waals surface area (Å²) in [5.74, 6) is -0.221. The van der Waals surface area contributed by atoms with Crippen LogP contribution in [0.2, 0.25) is 15.1 Å². The average molecular weight is 522 g/mol. The maximum absolute atomic E-state index is 13.3. The summed E-state index contributed by atoms with van der Waals surface area (Å²) in [6.45, 7) is 2.31. The molecule has 5 nitrogen and oxygen atoms in total. The smallest absolute Gasteiger partial charge is 0.267 e. The van der Waals surface area contributed by atoms with Gasteiger partial charge in [-0.25, -0.2) is 0 Å². The van der Waals surface area contributed by atoms with Crippen molar-refractivity contribution in [2.45, 2.75) is 13.5 Å². The van der Waals surface area contributed by atoms with Gasteiger partial charge < -0.3 is 0 Å². The van der Waals surface area contributed by atoms with E-state index in [1.54, 1.807) is 30.3 Å². The average Bonchev–Trinajstić information content (AvgIpc) is 3.37. The second kappa shape index (κ2) is 9.70. The minimum absolute atomic E-state index is 0.221. The van der Waals surface area contributed by atoms with Crippen LogP contribution in [0.4, 0.5) is 5.69 Å². The Kier molecular flexibility index (Phi) is 6.48. The first-order valence-electron chi connectivity index (χ1n) is 10.8. The van der Waals surface area contributed by atoms with Gasteiger partial charge in [0, 0.05) is 22.3 Å². The van der Waals surface area contributed by atoms with Crippen LogP contribution in [0.3, 0.4) is 0 Å². The molecule has 0 saturated carbocycles. The number of benzene rings is 3. The summed E-state index contributed by atoms with van der Waals surface area (Å²) in [4.78, 5) is 13.3. The van der Waals surface area contributed by atoms with Gasteiger partial charge in [0.05, 0.1) is 39.3 Å². The third-order valence-electron chi connectivity index (χ3n) is 5.58. The van der Waals surface area contributed by atoms with Crippen molar-refractivity contribution in [2.24, 2.45) is 5.10 Å². The van der Waals surface area contributed by atoms with Crippen molar-refractivity contribution in [2.75, 3.05) is 5.01 Å². The molecule has 0 fully saturated rings. The summed E-state index contributed by atoms with van der Waals surface area (Å²) in [6.07, 6.45) is 3.76. The standard InChI is InChI=1S/C27H19Cl3N4O/c1-17-23(27(35)34(31-17)22-9-5-8-21(28)14-22)13-20-16-33(15-18-10-11-24(29)25(30)12-18)32-26(20)19-6-3-2-4-7-19/h2-14,16H,15H2,1H3/b23-13+. The molecule has 0 radical (unpaired) electrons. The van der Waals surface area contributed by atoms with Crippen LogP contribution >= 0.6 is 34.8 Å². The number of carbonyl (C=O) groups is 1. The number of aromatic nitrogens is 2. The number of hydrogen-bond acceptors (Lipinski definition) is 3. The molecule has 0 saturated heterocycles. The highest BCUT2D eigenvalue weighted by atomic mass is 35.5. The number of hydrogen-bond donors (Lipinski definition) is 0. The van der Waals surface area contributed by atoms with Crippen LogP contribution in [0, 0.1) is 0 Å². The van der Waals surface area contributed by atoms with E-state index in [0.29, 0.717) is 38.6 Å². The minimum atomic E-state index is -0.221. The Hall–Kier alpha value is -3.38. The molecule has 8 heteroatoms. The van der Waals surface area contributed by atoms with E-state index in [4.69, 9.17) is 39.9 Å². The van der Waals surface area contributed by atoms with Crippen molar-refractivity contribution in [3.05, 3.63) is 111 Å². The Balaban J connectivity index is 1.53. The lowest BCUT2D eigenvalue weighted by atomic mass is 10.0. The highest BCUT2D eigenvalue weighted by molar-refractivity contribution is 6.42. The zero-order valence-corrected chi connectivity index (χ0v) is 20.9. The molecule has 1 aliphatic heterocycles. The molecule has 174 valence electrons. The van der Waals surface area contributed by atoms with Crippen molar-refractivity contribution in [1.29, 1.82) is 0 Å². The lowest BCUT2D eigenvalue weighted by Crippen LogP contribution is -2.21. The van der Waals surface area contributed by atoms with Gasteiger partial charge in [-0.3, -0.25) is 9.48 Å². The van der Waals surface area contributed by atoms with E-state index < -0.39 is 0 Å². The molecule has 5 rings (SSSR count). The van der Waals surface area contributed by atoms with E-state index in [9.17, 15) is 4.79 Å². The van der Waals surface area contributed by atoms with Gasteiger partial charge in [-0.1, -0.05) is 77.3 Å². The molecule has 0 bridgehead atoms. The summed E-state index contributed by atoms with van der Waals surface area (Å²) < 4.78 is 1.83. The molecule has 3 aromatic carbocycles. The summed E-state index contributed by atoms with van der Waals surface area (Å²) in [7, 11) is 0. The number of nitrogens with zero attached hydrogens (tertiary/aromatic N) is 4. The Morgan fingerprint density at radius 2 is 1.71 bits per heavy atom. The number of anilines is 1. The molecular formula is C27H19Cl3N4O. The van der Waals surface area contributed by atoms with Crippen LogP contribution in [0.1, 0.15) is 18.1 Å². The quantitative estimate of drug-likeness (QED) is 0.258. The molecule has 1 amide bonds. The Morgan fingerprint density at radius 1 is 0.914 bits per heavy atom. The van der Waals surface area contributed by atoms with Crippen LogP contribution in [0.5, 0.6) is 0 Å². The third kappa shape index (κ3) is 4.89. The molecule has 1 aliphatic rings. The van der Waals surface area contributed by atoms with Crippen molar-refractivity contribution in [3.8, 4) is 11.3 Å². The molecule has 4 aromatic rings. The van der Waals surface area contributed by atoms with Crippen LogP contribution < -0.4 is 5.01 Å². The number of rotatable bonds is 5. The molecule has 0 spiro atoms. The molecule has 0 N–H and O–H groups in total. The molecule has 2 heterocycles. The van der Waals surface area contributed by atoms with Gasteiger partial charge in [-0.2, -0.15) is 15.2 Å². The van der Waals surface area contributed by atoms with Crippen LogP contribution in [0.25, 0.3) is 17.3 Å². The first kappa shape index (κ1) is 23.4. The Morgan fingerprint density at radius 3 is 2.46 bits per heavy atom. The molecule has 1 aromatic heterocycles. The largest absolute Gasteiger partial charge is 0.280 e. The fraction of sp³-hybridized carbons (Fsp3) is 0.0741. The van der Waals surface area contributed by atoms with E-state index in [1.807, 2.05) is 66.3 Å². The minimum Gasteiger partial charge on any atom is -0.267 e. The van der Waals surface area contributed by atoms with Crippen LogP contribution in [-0.4, -0.2) is 21.4 Å². The van der Waals surface area contributed by atoms with Crippen LogP contribution in [-0.2, 0) is 11.3 Å². The number of hydrazone groups is 1. The zero-order valence-electron chi connectivity index (χ0n) is 18.6. The molecule has 0 unspecified atom stereocenters. The van der Waals surface area contributed by atoms with Crippen LogP contribution in [0.15, 0.2) is 89.7 Å². The lowest BCUT2D eigenvalue weighted by molar-refractivity contribution is -0.114. The van der Waals surface area contributed by atoms with Crippen molar-refractivity contribution < 1.29 is 4.79 Å². The molecule has 0 aliphatic carbocycles. The summed E-state index contributed by atoms with van der Waals surface area (Å²) >= 11 is 18.4. The van der Waals surface area contributed by atoms with Gasteiger partial charge in [-0.05, 0) is 48.9 Å². The zero-order chi connectivity index (χ0) is 24.5. The van der Waals surface area contributed by atoms with Gasteiger partial charge in [0.1, 0.15) is 0 Å². The van der Waals surface area contributed by atoms with Crippen molar-refractivity contribution in [1.82, 2.24) is 9.78 Å². The first-order valence-corrected chi connectivity index (χ1v) is 12.0. The van der Waals surface area contributed by atoms with Gasteiger partial charge in [0.15, 0.2) is 0 Å². The highest BCUT2D eigenvalue weighted by Crippen LogP contribution is 2.30. The number of carbonyl (C=O) groups excluding carboxylic acids is 1. The van der Waals surface area contributed by atoms with Gasteiger partial charge in [-0.15, -0.1) is 0 Å². The molecule has 0 atom stereocenters. The van der Waals surface area contributed by atoms with Gasteiger partial charge >= 0.3 is 0 Å². The fourth-order valence-electron chi connectivity index (χ4n) is 3.89. The summed E-state index contributed by atoms with van der Waals surface area (Å²) in [6, 6.07) is 22.4. The second-order valence-electron chi connectivity index (χ2n) is 8.09. The Labute approximate surface area is 217 Å². The molecular weight excluding hydrogens is 503 g/mol. The first-order chi connectivity index (χ1) is 16.9. The summed E-state index contributed by atoms with van der Waals surface area (Å²) in [5.41, 5.74) is 5.20. The predicted octanol–water partition coefficient (Wildman–Crippen LogP) is 7.36. The number of amides is 1. The number of halogens is 3. The van der Waals surface area contributed by atoms with E-state index in [2.05, 4.69) is 5.10 Å². The van der Waals surface area contributed by atoms with Gasteiger partial charge in [0.2, 0.25) is 0 Å². The normalized spacial score (nSPS) is 14.6. The van der Waals surface area contributed by atoms with Gasteiger partial charge in [0.25, 0.3) is 5.91 Å². The van der Waals surface area contributed by atoms with Crippen molar-refractivity contribution >= 4 is 58.2 Å². The summed E-state index contributed by atoms with van der Waals surface area (Å²) in [5, 5.41) is 12.2. The Bertz CT molecular complexity index is 1490. The topological polar surface area (TPSA) is 50.5 Å².